The second-order valence-corrected chi connectivity index (χ2v) is 5.08. The molecular weight excluding hydrogens is 378 g/mol. The van der Waals surface area contributed by atoms with Crippen LogP contribution in [0.25, 0.3) is 0 Å². The van der Waals surface area contributed by atoms with Crippen LogP contribution in [-0.4, -0.2) is 9.97 Å². The minimum atomic E-state index is -0.677. The number of nitrogens with zero attached hydrogens (tertiary/aromatic N) is 2. The molecule has 3 nitrogen and oxygen atoms in total. The van der Waals surface area contributed by atoms with Crippen molar-refractivity contribution in [2.75, 3.05) is 0 Å². The van der Waals surface area contributed by atoms with E-state index in [4.69, 9.17) is 16.3 Å². The largest absolute Gasteiger partial charge is 0.435 e. The third kappa shape index (κ3) is 3.14. The van der Waals surface area contributed by atoms with E-state index in [-0.39, 0.29) is 11.2 Å². The van der Waals surface area contributed by atoms with Crippen LogP contribution in [0, 0.1) is 5.82 Å². The van der Waals surface area contributed by atoms with Crippen LogP contribution >= 0.6 is 43.5 Å². The Labute approximate surface area is 118 Å². The zero-order valence-electron chi connectivity index (χ0n) is 8.12. The van der Waals surface area contributed by atoms with Crippen molar-refractivity contribution < 1.29 is 9.13 Å². The van der Waals surface area contributed by atoms with Gasteiger partial charge in [0.1, 0.15) is 5.75 Å². The lowest BCUT2D eigenvalue weighted by atomic mass is 10.3. The molecule has 0 aliphatic heterocycles. The quantitative estimate of drug-likeness (QED) is 0.713. The molecule has 17 heavy (non-hydrogen) atoms. The second-order valence-electron chi connectivity index (χ2n) is 2.97. The number of ether oxygens (including phenoxy) is 1. The van der Waals surface area contributed by atoms with Crippen LogP contribution in [0.2, 0.25) is 5.28 Å². The van der Waals surface area contributed by atoms with Crippen molar-refractivity contribution >= 4 is 43.5 Å². The highest BCUT2D eigenvalue weighted by Gasteiger charge is 2.10. The number of rotatable bonds is 2. The molecule has 7 heteroatoms. The molecular formula is C10H4Br2ClFN2O. The van der Waals surface area contributed by atoms with E-state index >= 15 is 0 Å². The number of hydrogen-bond acceptors (Lipinski definition) is 3. The molecule has 0 saturated carbocycles. The zero-order valence-corrected chi connectivity index (χ0v) is 12.1. The molecule has 0 N–H and O–H groups in total. The van der Waals surface area contributed by atoms with E-state index in [0.29, 0.717) is 10.2 Å². The first-order valence-corrected chi connectivity index (χ1v) is 6.33. The maximum Gasteiger partial charge on any atom is 0.260 e. The van der Waals surface area contributed by atoms with Gasteiger partial charge < -0.3 is 4.74 Å². The van der Waals surface area contributed by atoms with Gasteiger partial charge in [-0.15, -0.1) is 0 Å². The number of hydrogen-bond donors (Lipinski definition) is 0. The van der Waals surface area contributed by atoms with Gasteiger partial charge in [-0.05, 0) is 45.7 Å². The van der Waals surface area contributed by atoms with Crippen molar-refractivity contribution in [1.82, 2.24) is 9.97 Å². The van der Waals surface area contributed by atoms with E-state index in [1.165, 1.54) is 0 Å². The van der Waals surface area contributed by atoms with Crippen LogP contribution < -0.4 is 4.74 Å². The summed E-state index contributed by atoms with van der Waals surface area (Å²) in [6.45, 7) is 0. The minimum Gasteiger partial charge on any atom is -0.435 e. The zero-order chi connectivity index (χ0) is 12.4. The Hall–Kier alpha value is -0.720. The van der Waals surface area contributed by atoms with Crippen LogP contribution in [-0.2, 0) is 0 Å². The molecule has 0 amide bonds. The molecule has 1 heterocycles. The molecule has 0 aliphatic carbocycles. The number of benzene rings is 1. The lowest BCUT2D eigenvalue weighted by Crippen LogP contribution is -1.94. The van der Waals surface area contributed by atoms with Gasteiger partial charge in [-0.2, -0.15) is 9.37 Å². The number of halogens is 4. The third-order valence-corrected chi connectivity index (χ3v) is 3.08. The van der Waals surface area contributed by atoms with Gasteiger partial charge in [0.15, 0.2) is 0 Å². The van der Waals surface area contributed by atoms with Gasteiger partial charge >= 0.3 is 0 Å². The highest BCUT2D eigenvalue weighted by atomic mass is 79.9. The first-order valence-electron chi connectivity index (χ1n) is 4.37. The molecule has 2 aromatic rings. The van der Waals surface area contributed by atoms with Gasteiger partial charge in [-0.25, -0.2) is 4.98 Å². The molecule has 2 rings (SSSR count). The average Bonchev–Trinajstić information content (AvgIpc) is 2.27. The van der Waals surface area contributed by atoms with Gasteiger partial charge in [0, 0.05) is 4.47 Å². The molecule has 1 aromatic heterocycles. The van der Waals surface area contributed by atoms with Crippen molar-refractivity contribution in [3.63, 3.8) is 0 Å². The van der Waals surface area contributed by atoms with Gasteiger partial charge in [0.2, 0.25) is 11.1 Å². The van der Waals surface area contributed by atoms with Gasteiger partial charge in [0.25, 0.3) is 5.88 Å². The topological polar surface area (TPSA) is 35.0 Å². The fourth-order valence-electron chi connectivity index (χ4n) is 1.06. The Morgan fingerprint density at radius 2 is 2.06 bits per heavy atom. The Morgan fingerprint density at radius 3 is 2.76 bits per heavy atom. The molecule has 0 unspecified atom stereocenters. The molecule has 0 aliphatic rings. The van der Waals surface area contributed by atoms with Gasteiger partial charge in [-0.1, -0.05) is 15.9 Å². The SMILES string of the molecule is Fc1cnc(Cl)nc1Oc1ccc(Br)cc1Br. The Bertz CT molecular complexity index is 568. The van der Waals surface area contributed by atoms with E-state index < -0.39 is 5.82 Å². The summed E-state index contributed by atoms with van der Waals surface area (Å²) in [5, 5.41) is -0.0744. The molecule has 0 fully saturated rings. The number of aromatic nitrogens is 2. The van der Waals surface area contributed by atoms with Gasteiger partial charge in [0.05, 0.1) is 10.7 Å². The summed E-state index contributed by atoms with van der Waals surface area (Å²) in [6.07, 6.45) is 0.956. The predicted octanol–water partition coefficient (Wildman–Crippen LogP) is 4.59. The summed E-state index contributed by atoms with van der Waals surface area (Å²) in [7, 11) is 0. The molecule has 0 bridgehead atoms. The van der Waals surface area contributed by atoms with Crippen LogP contribution in [0.1, 0.15) is 0 Å². The summed E-state index contributed by atoms with van der Waals surface area (Å²) in [5.74, 6) is -0.459. The average molecular weight is 382 g/mol. The Balaban J connectivity index is 2.34. The van der Waals surface area contributed by atoms with Crippen LogP contribution in [0.15, 0.2) is 33.3 Å². The van der Waals surface area contributed by atoms with Crippen molar-refractivity contribution in [2.45, 2.75) is 0 Å². The molecule has 0 radical (unpaired) electrons. The van der Waals surface area contributed by atoms with E-state index in [1.807, 2.05) is 0 Å². The van der Waals surface area contributed by atoms with E-state index in [1.54, 1.807) is 18.2 Å². The highest BCUT2D eigenvalue weighted by Crippen LogP contribution is 2.32. The minimum absolute atomic E-state index is 0.0744. The summed E-state index contributed by atoms with van der Waals surface area (Å²) >= 11 is 12.2. The second kappa shape index (κ2) is 5.29. The fourth-order valence-corrected chi connectivity index (χ4v) is 2.32. The van der Waals surface area contributed by atoms with Crippen molar-refractivity contribution in [3.05, 3.63) is 44.4 Å². The standard InChI is InChI=1S/C10H4Br2ClFN2O/c11-5-1-2-8(6(12)3-5)17-9-7(14)4-15-10(13)16-9/h1-4H. The van der Waals surface area contributed by atoms with E-state index in [9.17, 15) is 4.39 Å². The maximum atomic E-state index is 13.3. The maximum absolute atomic E-state index is 13.3. The van der Waals surface area contributed by atoms with E-state index in [2.05, 4.69) is 41.8 Å². The molecule has 0 spiro atoms. The van der Waals surface area contributed by atoms with Crippen molar-refractivity contribution in [1.29, 1.82) is 0 Å². The molecule has 88 valence electrons. The summed E-state index contributed by atoms with van der Waals surface area (Å²) < 4.78 is 20.2. The van der Waals surface area contributed by atoms with Crippen molar-refractivity contribution in [3.8, 4) is 11.6 Å². The summed E-state index contributed by atoms with van der Waals surface area (Å²) in [5.41, 5.74) is 0. The fraction of sp³-hybridized carbons (Fsp3) is 0. The molecule has 1 aromatic carbocycles. The Kier molecular flexibility index (Phi) is 3.96. The first-order chi connectivity index (χ1) is 8.06. The Morgan fingerprint density at radius 1 is 1.29 bits per heavy atom. The van der Waals surface area contributed by atoms with Crippen LogP contribution in [0.3, 0.4) is 0 Å². The highest BCUT2D eigenvalue weighted by molar-refractivity contribution is 9.11. The normalized spacial score (nSPS) is 10.4. The lowest BCUT2D eigenvalue weighted by Gasteiger charge is -2.07. The van der Waals surface area contributed by atoms with Crippen LogP contribution in [0.5, 0.6) is 11.6 Å². The monoisotopic (exact) mass is 380 g/mol. The summed E-state index contributed by atoms with van der Waals surface area (Å²) in [6, 6.07) is 5.21. The van der Waals surface area contributed by atoms with Crippen molar-refractivity contribution in [2.24, 2.45) is 0 Å². The predicted molar refractivity (Wildman–Crippen MR) is 68.9 cm³/mol. The van der Waals surface area contributed by atoms with Crippen LogP contribution in [0.4, 0.5) is 4.39 Å². The lowest BCUT2D eigenvalue weighted by molar-refractivity contribution is 0.417. The smallest absolute Gasteiger partial charge is 0.260 e. The van der Waals surface area contributed by atoms with Gasteiger partial charge in [-0.3, -0.25) is 0 Å². The first kappa shape index (κ1) is 12.7. The molecule has 0 saturated heterocycles. The van der Waals surface area contributed by atoms with E-state index in [0.717, 1.165) is 10.7 Å². The third-order valence-electron chi connectivity index (χ3n) is 1.78. The molecule has 0 atom stereocenters. The summed E-state index contributed by atoms with van der Waals surface area (Å²) in [4.78, 5) is 7.15.